The van der Waals surface area contributed by atoms with Gasteiger partial charge in [-0.15, -0.1) is 12.4 Å². The zero-order valence-electron chi connectivity index (χ0n) is 16.7. The lowest BCUT2D eigenvalue weighted by molar-refractivity contribution is -0.121. The number of halogens is 2. The van der Waals surface area contributed by atoms with Crippen LogP contribution in [0.3, 0.4) is 0 Å². The van der Waals surface area contributed by atoms with E-state index in [1.54, 1.807) is 42.5 Å². The molecule has 0 saturated carbocycles. The maximum Gasteiger partial charge on any atom is 0.287 e. The number of hydrogen-bond donors (Lipinski definition) is 1. The molecule has 1 aliphatic heterocycles. The van der Waals surface area contributed by atoms with Crippen LogP contribution in [0.4, 0.5) is 0 Å². The molecule has 0 aliphatic carbocycles. The van der Waals surface area contributed by atoms with Crippen molar-refractivity contribution in [3.8, 4) is 0 Å². The molecule has 0 bridgehead atoms. The predicted octanol–water partition coefficient (Wildman–Crippen LogP) is 3.29. The van der Waals surface area contributed by atoms with Crippen molar-refractivity contribution in [1.82, 2.24) is 10.2 Å². The van der Waals surface area contributed by atoms with Gasteiger partial charge in [0.25, 0.3) is 5.91 Å². The van der Waals surface area contributed by atoms with Gasteiger partial charge in [0.2, 0.25) is 5.76 Å². The molecule has 1 atom stereocenters. The van der Waals surface area contributed by atoms with E-state index in [9.17, 15) is 13.2 Å². The molecular formula is C21H24Cl2N2O4S. The Kier molecular flexibility index (Phi) is 8.32. The minimum atomic E-state index is -3.61. The number of sulfone groups is 1. The van der Waals surface area contributed by atoms with Gasteiger partial charge in [0.15, 0.2) is 9.84 Å². The van der Waals surface area contributed by atoms with Crippen LogP contribution in [0.5, 0.6) is 0 Å². The lowest BCUT2D eigenvalue weighted by Gasteiger charge is -2.26. The maximum atomic E-state index is 12.9. The molecule has 2 aromatic carbocycles. The van der Waals surface area contributed by atoms with Crippen molar-refractivity contribution in [1.29, 1.82) is 0 Å². The molecule has 30 heavy (non-hydrogen) atoms. The molecule has 0 fully saturated rings. The predicted molar refractivity (Wildman–Crippen MR) is 121 cm³/mol. The molecule has 2 aromatic rings. The molecule has 0 spiro atoms. The molecule has 1 amide bonds. The molecule has 0 radical (unpaired) electrons. The monoisotopic (exact) mass is 470 g/mol. The Morgan fingerprint density at radius 1 is 1.13 bits per heavy atom. The number of likely N-dealkylation sites (N-methyl/N-ethyl adjacent to an activating group) is 1. The van der Waals surface area contributed by atoms with Gasteiger partial charge in [-0.1, -0.05) is 54.1 Å². The number of carbonyl (C=O) groups is 1. The Balaban J connectivity index is 0.00000320. The van der Waals surface area contributed by atoms with Crippen LogP contribution < -0.4 is 5.32 Å². The van der Waals surface area contributed by atoms with Crippen LogP contribution in [-0.4, -0.2) is 52.2 Å². The standard InChI is InChI=1S/C21H23ClN2O4S.ClH/c1-24(2)18(15-8-10-17(22)11-9-15)14-23-21(25)19-20(16-6-4-3-5-7-16)29(26,27)13-12-28-19;/h3-11,18H,12-14H2,1-2H3,(H,23,25);1H. The van der Waals surface area contributed by atoms with Gasteiger partial charge >= 0.3 is 0 Å². The van der Waals surface area contributed by atoms with Crippen LogP contribution in [-0.2, 0) is 19.4 Å². The number of benzene rings is 2. The van der Waals surface area contributed by atoms with Gasteiger partial charge in [0.1, 0.15) is 11.5 Å². The number of rotatable bonds is 6. The second-order valence-corrected chi connectivity index (χ2v) is 9.42. The zero-order chi connectivity index (χ0) is 21.0. The highest BCUT2D eigenvalue weighted by molar-refractivity contribution is 8.00. The first-order valence-corrected chi connectivity index (χ1v) is 11.2. The van der Waals surface area contributed by atoms with Crippen LogP contribution in [0.15, 0.2) is 60.4 Å². The quantitative estimate of drug-likeness (QED) is 0.700. The van der Waals surface area contributed by atoms with Gasteiger partial charge in [-0.05, 0) is 37.4 Å². The van der Waals surface area contributed by atoms with Crippen molar-refractivity contribution in [2.75, 3.05) is 33.0 Å². The topological polar surface area (TPSA) is 75.7 Å². The summed E-state index contributed by atoms with van der Waals surface area (Å²) in [7, 11) is 0.195. The Bertz CT molecular complexity index is 1010. The highest BCUT2D eigenvalue weighted by Gasteiger charge is 2.33. The first kappa shape index (κ1) is 24.2. The SMILES string of the molecule is CN(C)C(CNC(=O)C1=C(c2ccccc2)S(=O)(=O)CCO1)c1ccc(Cl)cc1.Cl. The van der Waals surface area contributed by atoms with Gasteiger partial charge in [-0.2, -0.15) is 0 Å². The van der Waals surface area contributed by atoms with E-state index in [4.69, 9.17) is 16.3 Å². The van der Waals surface area contributed by atoms with Gasteiger partial charge in [-0.3, -0.25) is 4.79 Å². The van der Waals surface area contributed by atoms with Gasteiger partial charge < -0.3 is 15.0 Å². The number of nitrogens with one attached hydrogen (secondary N) is 1. The second kappa shape index (κ2) is 10.3. The lowest BCUT2D eigenvalue weighted by atomic mass is 10.1. The summed E-state index contributed by atoms with van der Waals surface area (Å²) in [4.78, 5) is 14.8. The van der Waals surface area contributed by atoms with Gasteiger partial charge in [0.05, 0.1) is 11.8 Å². The zero-order valence-corrected chi connectivity index (χ0v) is 19.1. The summed E-state index contributed by atoms with van der Waals surface area (Å²) in [5.41, 5.74) is 1.42. The van der Waals surface area contributed by atoms with Crippen LogP contribution in [0.25, 0.3) is 4.91 Å². The molecule has 0 aromatic heterocycles. The molecule has 6 nitrogen and oxygen atoms in total. The fourth-order valence-electron chi connectivity index (χ4n) is 3.18. The van der Waals surface area contributed by atoms with Crippen LogP contribution in [0.1, 0.15) is 17.2 Å². The van der Waals surface area contributed by atoms with E-state index in [0.29, 0.717) is 10.6 Å². The fourth-order valence-corrected chi connectivity index (χ4v) is 4.75. The highest BCUT2D eigenvalue weighted by Crippen LogP contribution is 2.30. The van der Waals surface area contributed by atoms with E-state index in [2.05, 4.69) is 5.32 Å². The van der Waals surface area contributed by atoms with Crippen LogP contribution in [0, 0.1) is 0 Å². The average molecular weight is 471 g/mol. The molecule has 162 valence electrons. The third-order valence-corrected chi connectivity index (χ3v) is 6.69. The molecule has 3 rings (SSSR count). The van der Waals surface area contributed by atoms with Gasteiger partial charge in [0, 0.05) is 11.6 Å². The summed E-state index contributed by atoms with van der Waals surface area (Å²) in [6, 6.07) is 15.8. The Hall–Kier alpha value is -2.06. The number of amides is 1. The summed E-state index contributed by atoms with van der Waals surface area (Å²) >= 11 is 5.96. The van der Waals surface area contributed by atoms with Crippen molar-refractivity contribution in [3.63, 3.8) is 0 Å². The van der Waals surface area contributed by atoms with E-state index in [-0.39, 0.29) is 48.0 Å². The molecular weight excluding hydrogens is 447 g/mol. The second-order valence-electron chi connectivity index (χ2n) is 6.93. The van der Waals surface area contributed by atoms with E-state index >= 15 is 0 Å². The van der Waals surface area contributed by atoms with Crippen molar-refractivity contribution >= 4 is 44.7 Å². The number of ether oxygens (including phenoxy) is 1. The fraction of sp³-hybridized carbons (Fsp3) is 0.286. The number of carbonyl (C=O) groups excluding carboxylic acids is 1. The molecule has 1 heterocycles. The summed E-state index contributed by atoms with van der Waals surface area (Å²) in [5.74, 6) is -0.858. The molecule has 1 aliphatic rings. The summed E-state index contributed by atoms with van der Waals surface area (Å²) < 4.78 is 30.8. The lowest BCUT2D eigenvalue weighted by Crippen LogP contribution is -2.37. The third kappa shape index (κ3) is 5.55. The van der Waals surface area contributed by atoms with Crippen molar-refractivity contribution in [3.05, 3.63) is 76.5 Å². The first-order chi connectivity index (χ1) is 13.8. The molecule has 0 saturated heterocycles. The molecule has 1 unspecified atom stereocenters. The Labute approximate surface area is 188 Å². The van der Waals surface area contributed by atoms with E-state index in [1.165, 1.54) is 0 Å². The highest BCUT2D eigenvalue weighted by atomic mass is 35.5. The van der Waals surface area contributed by atoms with E-state index < -0.39 is 15.7 Å². The number of nitrogens with zero attached hydrogens (tertiary/aromatic N) is 1. The van der Waals surface area contributed by atoms with Crippen LogP contribution in [0.2, 0.25) is 5.02 Å². The maximum absolute atomic E-state index is 12.9. The number of hydrogen-bond acceptors (Lipinski definition) is 5. The van der Waals surface area contributed by atoms with Crippen molar-refractivity contribution in [2.45, 2.75) is 6.04 Å². The van der Waals surface area contributed by atoms with E-state index in [1.807, 2.05) is 31.1 Å². The summed E-state index contributed by atoms with van der Waals surface area (Å²) in [5, 5.41) is 3.46. The van der Waals surface area contributed by atoms with E-state index in [0.717, 1.165) is 5.56 Å². The minimum Gasteiger partial charge on any atom is -0.486 e. The summed E-state index contributed by atoms with van der Waals surface area (Å²) in [6.07, 6.45) is 0. The minimum absolute atomic E-state index is 0. The Morgan fingerprint density at radius 3 is 2.37 bits per heavy atom. The third-order valence-electron chi connectivity index (χ3n) is 4.69. The normalized spacial score (nSPS) is 16.4. The van der Waals surface area contributed by atoms with Crippen molar-refractivity contribution in [2.24, 2.45) is 0 Å². The average Bonchev–Trinajstić information content (AvgIpc) is 2.69. The Morgan fingerprint density at radius 2 is 1.77 bits per heavy atom. The first-order valence-electron chi connectivity index (χ1n) is 9.15. The largest absolute Gasteiger partial charge is 0.486 e. The molecule has 9 heteroatoms. The van der Waals surface area contributed by atoms with Gasteiger partial charge in [-0.25, -0.2) is 8.42 Å². The summed E-state index contributed by atoms with van der Waals surface area (Å²) in [6.45, 7) is 0.234. The van der Waals surface area contributed by atoms with Crippen molar-refractivity contribution < 1.29 is 17.9 Å². The molecule has 1 N–H and O–H groups in total. The smallest absolute Gasteiger partial charge is 0.287 e. The van der Waals surface area contributed by atoms with Crippen LogP contribution >= 0.6 is 24.0 Å².